The number of rotatable bonds is 5. The lowest BCUT2D eigenvalue weighted by Gasteiger charge is -2.12. The number of hydrogen-bond acceptors (Lipinski definition) is 3. The van der Waals surface area contributed by atoms with E-state index < -0.39 is 17.6 Å². The van der Waals surface area contributed by atoms with Crippen LogP contribution in [0.2, 0.25) is 10.0 Å². The van der Waals surface area contributed by atoms with Gasteiger partial charge < -0.3 is 5.32 Å². The van der Waals surface area contributed by atoms with Crippen LogP contribution < -0.4 is 5.32 Å². The predicted octanol–water partition coefficient (Wildman–Crippen LogP) is 5.93. The van der Waals surface area contributed by atoms with Crippen LogP contribution in [0, 0.1) is 0 Å². The van der Waals surface area contributed by atoms with Crippen molar-refractivity contribution in [3.63, 3.8) is 0 Å². The molecule has 4 nitrogen and oxygen atoms in total. The van der Waals surface area contributed by atoms with Gasteiger partial charge in [-0.1, -0.05) is 35.0 Å². The second-order valence-corrected chi connectivity index (χ2v) is 7.37. The summed E-state index contributed by atoms with van der Waals surface area (Å²) in [6.07, 6.45) is -1.21. The minimum Gasteiger partial charge on any atom is -0.324 e. The van der Waals surface area contributed by atoms with E-state index in [0.717, 1.165) is 35.6 Å². The van der Waals surface area contributed by atoms with E-state index in [1.807, 2.05) is 0 Å². The summed E-state index contributed by atoms with van der Waals surface area (Å²) in [5.41, 5.74) is -0.174. The lowest BCUT2D eigenvalue weighted by atomic mass is 10.2. The largest absolute Gasteiger partial charge is 0.416 e. The van der Waals surface area contributed by atoms with Crippen molar-refractivity contribution >= 4 is 46.6 Å². The van der Waals surface area contributed by atoms with Gasteiger partial charge in [0.25, 0.3) is 0 Å². The molecule has 1 heterocycles. The highest BCUT2D eigenvalue weighted by Crippen LogP contribution is 2.34. The van der Waals surface area contributed by atoms with Crippen LogP contribution in [0.1, 0.15) is 5.56 Å². The van der Waals surface area contributed by atoms with Crippen molar-refractivity contribution < 1.29 is 18.0 Å². The first-order valence-corrected chi connectivity index (χ1v) is 9.57. The zero-order chi connectivity index (χ0) is 20.3. The smallest absolute Gasteiger partial charge is 0.324 e. The van der Waals surface area contributed by atoms with Crippen molar-refractivity contribution in [1.82, 2.24) is 9.55 Å². The molecule has 10 heteroatoms. The van der Waals surface area contributed by atoms with E-state index in [1.54, 1.807) is 41.2 Å². The van der Waals surface area contributed by atoms with Crippen molar-refractivity contribution in [2.45, 2.75) is 11.3 Å². The molecule has 28 heavy (non-hydrogen) atoms. The van der Waals surface area contributed by atoms with Crippen LogP contribution >= 0.6 is 35.0 Å². The number of anilines is 1. The highest BCUT2D eigenvalue weighted by molar-refractivity contribution is 7.99. The molecule has 146 valence electrons. The zero-order valence-corrected chi connectivity index (χ0v) is 16.3. The summed E-state index contributed by atoms with van der Waals surface area (Å²) in [5, 5.41) is 3.57. The first-order valence-electron chi connectivity index (χ1n) is 7.83. The van der Waals surface area contributed by atoms with E-state index in [0.29, 0.717) is 10.2 Å². The molecular weight excluding hydrogens is 434 g/mol. The average molecular weight is 446 g/mol. The van der Waals surface area contributed by atoms with Crippen LogP contribution in [0.4, 0.5) is 18.9 Å². The van der Waals surface area contributed by atoms with Crippen LogP contribution in [0.5, 0.6) is 0 Å². The summed E-state index contributed by atoms with van der Waals surface area (Å²) >= 11 is 12.9. The van der Waals surface area contributed by atoms with Gasteiger partial charge >= 0.3 is 6.18 Å². The number of amides is 1. The summed E-state index contributed by atoms with van der Waals surface area (Å²) in [4.78, 5) is 16.4. The summed E-state index contributed by atoms with van der Waals surface area (Å²) in [6.45, 7) is 0. The number of imidazole rings is 1. The van der Waals surface area contributed by atoms with E-state index in [1.165, 1.54) is 0 Å². The normalized spacial score (nSPS) is 11.5. The second kappa shape index (κ2) is 8.46. The number of aromatic nitrogens is 2. The molecule has 0 radical (unpaired) electrons. The number of halogens is 5. The molecule has 0 unspecified atom stereocenters. The number of alkyl halides is 3. The first kappa shape index (κ1) is 20.6. The predicted molar refractivity (Wildman–Crippen MR) is 104 cm³/mol. The Morgan fingerprint density at radius 1 is 1.14 bits per heavy atom. The Morgan fingerprint density at radius 2 is 1.86 bits per heavy atom. The summed E-state index contributed by atoms with van der Waals surface area (Å²) in [7, 11) is 0. The van der Waals surface area contributed by atoms with Gasteiger partial charge in [-0.15, -0.1) is 0 Å². The number of hydrogen-bond donors (Lipinski definition) is 1. The molecule has 3 rings (SSSR count). The number of carbonyl (C=O) groups excluding carboxylic acids is 1. The van der Waals surface area contributed by atoms with E-state index in [2.05, 4.69) is 10.3 Å². The molecule has 1 N–H and O–H groups in total. The quantitative estimate of drug-likeness (QED) is 0.495. The van der Waals surface area contributed by atoms with Crippen LogP contribution in [0.25, 0.3) is 5.69 Å². The van der Waals surface area contributed by atoms with E-state index in [4.69, 9.17) is 23.2 Å². The van der Waals surface area contributed by atoms with Gasteiger partial charge in [0, 0.05) is 23.1 Å². The van der Waals surface area contributed by atoms with Crippen molar-refractivity contribution in [3.8, 4) is 5.69 Å². The van der Waals surface area contributed by atoms with Crippen LogP contribution in [0.15, 0.2) is 60.0 Å². The van der Waals surface area contributed by atoms with Gasteiger partial charge in [0.15, 0.2) is 5.16 Å². The Hall–Kier alpha value is -2.16. The molecule has 1 aromatic heterocycles. The lowest BCUT2D eigenvalue weighted by Crippen LogP contribution is -2.16. The van der Waals surface area contributed by atoms with Crippen molar-refractivity contribution in [2.75, 3.05) is 11.1 Å². The lowest BCUT2D eigenvalue weighted by molar-refractivity contribution is -0.137. The van der Waals surface area contributed by atoms with Gasteiger partial charge in [-0.3, -0.25) is 9.36 Å². The van der Waals surface area contributed by atoms with Crippen LogP contribution in [0.3, 0.4) is 0 Å². The maximum atomic E-state index is 12.8. The summed E-state index contributed by atoms with van der Waals surface area (Å²) in [6, 6.07) is 9.82. The fourth-order valence-corrected chi connectivity index (χ4v) is 3.37. The molecule has 0 spiro atoms. The van der Waals surface area contributed by atoms with Crippen molar-refractivity contribution in [2.24, 2.45) is 0 Å². The van der Waals surface area contributed by atoms with Gasteiger partial charge in [-0.05, 0) is 42.5 Å². The summed E-state index contributed by atoms with van der Waals surface area (Å²) < 4.78 is 40.2. The third-order valence-corrected chi connectivity index (χ3v) is 5.16. The number of carbonyl (C=O) groups is 1. The SMILES string of the molecule is O=C(CSc1nccn1-c1ccc(Cl)cc1)Nc1cc(C(F)(F)F)ccc1Cl. The first-order chi connectivity index (χ1) is 13.2. The van der Waals surface area contributed by atoms with Gasteiger partial charge in [0.05, 0.1) is 22.0 Å². The molecule has 0 aliphatic heterocycles. The Balaban J connectivity index is 1.68. The fraction of sp³-hybridized carbons (Fsp3) is 0.111. The minimum absolute atomic E-state index is 0.0222. The van der Waals surface area contributed by atoms with Gasteiger partial charge in [0.2, 0.25) is 5.91 Å². The molecule has 0 saturated heterocycles. The monoisotopic (exact) mass is 445 g/mol. The summed E-state index contributed by atoms with van der Waals surface area (Å²) in [5.74, 6) is -0.561. The van der Waals surface area contributed by atoms with Gasteiger partial charge in [-0.2, -0.15) is 13.2 Å². The molecule has 1 amide bonds. The highest BCUT2D eigenvalue weighted by atomic mass is 35.5. The number of benzene rings is 2. The zero-order valence-electron chi connectivity index (χ0n) is 14.0. The van der Waals surface area contributed by atoms with Crippen molar-refractivity contribution in [1.29, 1.82) is 0 Å². The van der Waals surface area contributed by atoms with Gasteiger partial charge in [-0.25, -0.2) is 4.98 Å². The standard InChI is InChI=1S/C18H12Cl2F3N3OS/c19-12-2-4-13(5-3-12)26-8-7-24-17(26)28-10-16(27)25-15-9-11(18(21,22)23)1-6-14(15)20/h1-9H,10H2,(H,25,27). The van der Waals surface area contributed by atoms with Crippen LogP contribution in [-0.4, -0.2) is 21.2 Å². The Labute approximate surface area is 172 Å². The minimum atomic E-state index is -4.53. The number of thioether (sulfide) groups is 1. The molecule has 0 fully saturated rings. The maximum absolute atomic E-state index is 12.8. The van der Waals surface area contributed by atoms with E-state index in [-0.39, 0.29) is 16.5 Å². The number of nitrogens with zero attached hydrogens (tertiary/aromatic N) is 2. The Bertz CT molecular complexity index is 990. The molecule has 0 atom stereocenters. The topological polar surface area (TPSA) is 46.9 Å². The molecule has 2 aromatic carbocycles. The van der Waals surface area contributed by atoms with E-state index >= 15 is 0 Å². The Morgan fingerprint density at radius 3 is 2.54 bits per heavy atom. The third kappa shape index (κ3) is 5.01. The average Bonchev–Trinajstić information content (AvgIpc) is 3.10. The van der Waals surface area contributed by atoms with E-state index in [9.17, 15) is 18.0 Å². The Kier molecular flexibility index (Phi) is 6.22. The van der Waals surface area contributed by atoms with Gasteiger partial charge in [0.1, 0.15) is 0 Å². The fourth-order valence-electron chi connectivity index (χ4n) is 2.31. The highest BCUT2D eigenvalue weighted by Gasteiger charge is 2.31. The third-order valence-electron chi connectivity index (χ3n) is 3.61. The van der Waals surface area contributed by atoms with Crippen molar-refractivity contribution in [3.05, 3.63) is 70.5 Å². The number of nitrogens with one attached hydrogen (secondary N) is 1. The molecular formula is C18H12Cl2F3N3OS. The molecule has 0 aliphatic rings. The second-order valence-electron chi connectivity index (χ2n) is 5.59. The van der Waals surface area contributed by atoms with Crippen LogP contribution in [-0.2, 0) is 11.0 Å². The molecule has 3 aromatic rings. The molecule has 0 saturated carbocycles. The maximum Gasteiger partial charge on any atom is 0.416 e. The molecule has 0 aliphatic carbocycles. The molecule has 0 bridgehead atoms.